The molecular weight excluding hydrogens is 148 g/mol. The Bertz CT molecular complexity index is 270. The van der Waals surface area contributed by atoms with Gasteiger partial charge in [-0.3, -0.25) is 0 Å². The van der Waals surface area contributed by atoms with Crippen LogP contribution in [-0.4, -0.2) is 7.11 Å². The molecule has 0 spiro atoms. The average Bonchev–Trinajstić information content (AvgIpc) is 2.32. The summed E-state index contributed by atoms with van der Waals surface area (Å²) in [7, 11) is 1.53. The van der Waals surface area contributed by atoms with Gasteiger partial charge in [-0.2, -0.15) is 0 Å². The zero-order valence-electron chi connectivity index (χ0n) is 6.55. The minimum atomic E-state index is -0.658. The molecule has 62 valence electrons. The van der Waals surface area contributed by atoms with Gasteiger partial charge in [0.15, 0.2) is 11.5 Å². The molecule has 1 aromatic rings. The molecule has 1 heterocycles. The van der Waals surface area contributed by atoms with E-state index in [0.717, 1.165) is 0 Å². The topological polar surface area (TPSA) is 52.6 Å². The summed E-state index contributed by atoms with van der Waals surface area (Å²) in [6, 6.07) is 0. The second kappa shape index (κ2) is 3.39. The van der Waals surface area contributed by atoms with Crippen molar-refractivity contribution in [1.82, 2.24) is 0 Å². The number of ether oxygens (including phenoxy) is 1. The van der Waals surface area contributed by atoms with Gasteiger partial charge in [0.05, 0.1) is 0 Å². The number of rotatable bonds is 3. The highest BCUT2D eigenvalue weighted by Crippen LogP contribution is 2.07. The summed E-state index contributed by atoms with van der Waals surface area (Å²) in [6.45, 7) is 2.17. The van der Waals surface area contributed by atoms with Crippen LogP contribution in [0.4, 0.5) is 0 Å². The van der Waals surface area contributed by atoms with E-state index < -0.39 is 5.82 Å². The fourth-order valence-electron chi connectivity index (χ4n) is 0.846. The Labute approximate surface area is 63.8 Å². The van der Waals surface area contributed by atoms with E-state index in [2.05, 4.69) is 0 Å². The first-order valence-corrected chi connectivity index (χ1v) is 3.38. The SMILES string of the molecule is CCc1oc(=O)oc1COC. The second-order valence-electron chi connectivity index (χ2n) is 2.09. The van der Waals surface area contributed by atoms with Crippen LogP contribution in [-0.2, 0) is 17.8 Å². The molecule has 0 radical (unpaired) electrons. The van der Waals surface area contributed by atoms with Gasteiger partial charge in [-0.15, -0.1) is 0 Å². The molecule has 0 atom stereocenters. The van der Waals surface area contributed by atoms with Gasteiger partial charge in [0.2, 0.25) is 0 Å². The first kappa shape index (κ1) is 8.07. The van der Waals surface area contributed by atoms with Crippen LogP contribution in [0, 0.1) is 0 Å². The molecule has 0 aliphatic heterocycles. The highest BCUT2D eigenvalue weighted by atomic mass is 16.6. The fraction of sp³-hybridized carbons (Fsp3) is 0.571. The minimum absolute atomic E-state index is 0.287. The van der Waals surface area contributed by atoms with Crippen molar-refractivity contribution in [3.05, 3.63) is 22.1 Å². The van der Waals surface area contributed by atoms with Gasteiger partial charge < -0.3 is 13.6 Å². The fourth-order valence-corrected chi connectivity index (χ4v) is 0.846. The first-order valence-electron chi connectivity index (χ1n) is 3.38. The lowest BCUT2D eigenvalue weighted by atomic mass is 10.3. The van der Waals surface area contributed by atoms with Gasteiger partial charge in [-0.1, -0.05) is 6.92 Å². The first-order chi connectivity index (χ1) is 5.27. The van der Waals surface area contributed by atoms with E-state index in [1.807, 2.05) is 6.92 Å². The molecule has 0 N–H and O–H groups in total. The molecule has 0 saturated heterocycles. The third kappa shape index (κ3) is 1.71. The van der Waals surface area contributed by atoms with E-state index in [4.69, 9.17) is 13.6 Å². The van der Waals surface area contributed by atoms with Crippen molar-refractivity contribution in [3.63, 3.8) is 0 Å². The number of methoxy groups -OCH3 is 1. The highest BCUT2D eigenvalue weighted by molar-refractivity contribution is 5.01. The summed E-state index contributed by atoms with van der Waals surface area (Å²) in [6.07, 6.45) is 0.643. The molecule has 0 saturated carbocycles. The van der Waals surface area contributed by atoms with Crippen LogP contribution in [0.3, 0.4) is 0 Å². The van der Waals surface area contributed by atoms with Crippen molar-refractivity contribution in [2.24, 2.45) is 0 Å². The largest absolute Gasteiger partial charge is 0.519 e. The van der Waals surface area contributed by atoms with Crippen molar-refractivity contribution >= 4 is 0 Å². The van der Waals surface area contributed by atoms with Crippen molar-refractivity contribution in [1.29, 1.82) is 0 Å². The lowest BCUT2D eigenvalue weighted by Crippen LogP contribution is -1.89. The lowest BCUT2D eigenvalue weighted by molar-refractivity contribution is 0.161. The molecule has 0 aliphatic rings. The van der Waals surface area contributed by atoms with Crippen LogP contribution in [0.1, 0.15) is 18.4 Å². The molecule has 0 aliphatic carbocycles. The van der Waals surface area contributed by atoms with E-state index in [1.54, 1.807) is 0 Å². The van der Waals surface area contributed by atoms with Crippen LogP contribution in [0.25, 0.3) is 0 Å². The normalized spacial score (nSPS) is 10.4. The summed E-state index contributed by atoms with van der Waals surface area (Å²) in [5.74, 6) is 0.394. The third-order valence-corrected chi connectivity index (χ3v) is 1.32. The second-order valence-corrected chi connectivity index (χ2v) is 2.09. The van der Waals surface area contributed by atoms with Crippen LogP contribution in [0.5, 0.6) is 0 Å². The molecule has 0 unspecified atom stereocenters. The molecule has 1 rings (SSSR count). The molecule has 0 amide bonds. The van der Waals surface area contributed by atoms with Gasteiger partial charge >= 0.3 is 5.82 Å². The highest BCUT2D eigenvalue weighted by Gasteiger charge is 2.09. The number of hydrogen-bond donors (Lipinski definition) is 0. The Kier molecular flexibility index (Phi) is 2.48. The summed E-state index contributed by atoms with van der Waals surface area (Å²) < 4.78 is 14.2. The van der Waals surface area contributed by atoms with E-state index in [0.29, 0.717) is 17.9 Å². The lowest BCUT2D eigenvalue weighted by Gasteiger charge is -1.92. The van der Waals surface area contributed by atoms with Crippen molar-refractivity contribution in [2.75, 3.05) is 7.11 Å². The standard InChI is InChI=1S/C7H10O4/c1-3-5-6(4-9-2)11-7(8)10-5/h3-4H2,1-2H3. The van der Waals surface area contributed by atoms with E-state index in [9.17, 15) is 4.79 Å². The van der Waals surface area contributed by atoms with Crippen molar-refractivity contribution in [3.8, 4) is 0 Å². The molecular formula is C7H10O4. The van der Waals surface area contributed by atoms with Gasteiger partial charge in [0.25, 0.3) is 0 Å². The van der Waals surface area contributed by atoms with Gasteiger partial charge in [-0.05, 0) is 0 Å². The molecule has 0 bridgehead atoms. The monoisotopic (exact) mass is 158 g/mol. The van der Waals surface area contributed by atoms with Gasteiger partial charge in [0.1, 0.15) is 6.61 Å². The Morgan fingerprint density at radius 3 is 2.55 bits per heavy atom. The molecule has 0 fully saturated rings. The predicted molar refractivity (Wildman–Crippen MR) is 37.3 cm³/mol. The maximum atomic E-state index is 10.6. The Hall–Kier alpha value is -1.03. The van der Waals surface area contributed by atoms with E-state index in [-0.39, 0.29) is 6.61 Å². The van der Waals surface area contributed by atoms with Crippen LogP contribution in [0.15, 0.2) is 13.6 Å². The smallest absolute Gasteiger partial charge is 0.396 e. The Morgan fingerprint density at radius 2 is 2.00 bits per heavy atom. The zero-order valence-corrected chi connectivity index (χ0v) is 6.55. The molecule has 1 aromatic heterocycles. The number of hydrogen-bond acceptors (Lipinski definition) is 4. The van der Waals surface area contributed by atoms with E-state index >= 15 is 0 Å². The average molecular weight is 158 g/mol. The summed E-state index contributed by atoms with van der Waals surface area (Å²) >= 11 is 0. The summed E-state index contributed by atoms with van der Waals surface area (Å²) in [5, 5.41) is 0. The molecule has 4 heteroatoms. The van der Waals surface area contributed by atoms with Crippen LogP contribution >= 0.6 is 0 Å². The number of aryl methyl sites for hydroxylation is 1. The van der Waals surface area contributed by atoms with Crippen LogP contribution < -0.4 is 5.82 Å². The zero-order chi connectivity index (χ0) is 8.27. The van der Waals surface area contributed by atoms with Crippen molar-refractivity contribution in [2.45, 2.75) is 20.0 Å². The molecule has 4 nitrogen and oxygen atoms in total. The van der Waals surface area contributed by atoms with Gasteiger partial charge in [0, 0.05) is 13.5 Å². The quantitative estimate of drug-likeness (QED) is 0.656. The Balaban J connectivity index is 2.92. The molecule has 11 heavy (non-hydrogen) atoms. The van der Waals surface area contributed by atoms with E-state index in [1.165, 1.54) is 7.11 Å². The predicted octanol–water partition coefficient (Wildman–Crippen LogP) is 0.942. The van der Waals surface area contributed by atoms with Gasteiger partial charge in [-0.25, -0.2) is 4.79 Å². The minimum Gasteiger partial charge on any atom is -0.396 e. The maximum Gasteiger partial charge on any atom is 0.519 e. The van der Waals surface area contributed by atoms with Crippen molar-refractivity contribution < 1.29 is 13.6 Å². The summed E-state index contributed by atoms with van der Waals surface area (Å²) in [5.41, 5.74) is 0. The Morgan fingerprint density at radius 1 is 1.36 bits per heavy atom. The maximum absolute atomic E-state index is 10.6. The third-order valence-electron chi connectivity index (χ3n) is 1.32. The van der Waals surface area contributed by atoms with Crippen LogP contribution in [0.2, 0.25) is 0 Å². The molecule has 0 aromatic carbocycles. The summed E-state index contributed by atoms with van der Waals surface area (Å²) in [4.78, 5) is 10.6.